The number of nitrogens with two attached hydrogens (primary N) is 1. The minimum atomic E-state index is 0.654. The number of nitrogens with zero attached hydrogens (tertiary/aromatic N) is 3. The fourth-order valence-electron chi connectivity index (χ4n) is 3.34. The maximum atomic E-state index is 6.08. The van der Waals surface area contributed by atoms with E-state index in [0.29, 0.717) is 32.1 Å². The van der Waals surface area contributed by atoms with Crippen LogP contribution in [0.15, 0.2) is 42.6 Å². The molecule has 0 atom stereocenters. The predicted molar refractivity (Wildman–Crippen MR) is 120 cm³/mol. The maximum absolute atomic E-state index is 6.08. The number of aromatic nitrogens is 2. The quantitative estimate of drug-likeness (QED) is 0.491. The lowest BCUT2D eigenvalue weighted by Crippen LogP contribution is -2.31. The summed E-state index contributed by atoms with van der Waals surface area (Å²) in [6.07, 6.45) is 2.92. The third-order valence-corrected chi connectivity index (χ3v) is 4.94. The monoisotopic (exact) mass is 412 g/mol. The SMILES string of the molecule is CCCOc1ccc(-c2nc3ccc(N)cn3c2CN(CCOC)CCOC)cc1. The topological polar surface area (TPSA) is 74.2 Å². The van der Waals surface area contributed by atoms with Crippen molar-refractivity contribution >= 4 is 11.3 Å². The van der Waals surface area contributed by atoms with E-state index >= 15 is 0 Å². The Balaban J connectivity index is 1.97. The third kappa shape index (κ3) is 5.50. The second-order valence-electron chi connectivity index (χ2n) is 7.23. The molecule has 2 N–H and O–H groups in total. The van der Waals surface area contributed by atoms with Crippen LogP contribution >= 0.6 is 0 Å². The van der Waals surface area contributed by atoms with Crippen LogP contribution in [-0.2, 0) is 16.0 Å². The minimum Gasteiger partial charge on any atom is -0.494 e. The van der Waals surface area contributed by atoms with Gasteiger partial charge in [0.05, 0.1) is 31.2 Å². The molecule has 0 radical (unpaired) electrons. The molecule has 0 aliphatic heterocycles. The van der Waals surface area contributed by atoms with Gasteiger partial charge in [-0.1, -0.05) is 6.92 Å². The molecule has 0 spiro atoms. The lowest BCUT2D eigenvalue weighted by molar-refractivity contribution is 0.109. The molecule has 0 unspecified atom stereocenters. The highest BCUT2D eigenvalue weighted by atomic mass is 16.5. The Labute approximate surface area is 178 Å². The highest BCUT2D eigenvalue weighted by molar-refractivity contribution is 5.68. The van der Waals surface area contributed by atoms with Gasteiger partial charge in [0.1, 0.15) is 11.4 Å². The first-order valence-corrected chi connectivity index (χ1v) is 10.4. The van der Waals surface area contributed by atoms with Crippen molar-refractivity contribution in [2.45, 2.75) is 19.9 Å². The zero-order chi connectivity index (χ0) is 21.3. The lowest BCUT2D eigenvalue weighted by atomic mass is 10.1. The first kappa shape index (κ1) is 22.1. The van der Waals surface area contributed by atoms with E-state index in [-0.39, 0.29) is 0 Å². The number of benzene rings is 1. The van der Waals surface area contributed by atoms with Gasteiger partial charge in [0.25, 0.3) is 0 Å². The van der Waals surface area contributed by atoms with Crippen LogP contribution in [0.1, 0.15) is 19.0 Å². The van der Waals surface area contributed by atoms with Crippen molar-refractivity contribution in [2.75, 3.05) is 52.9 Å². The Morgan fingerprint density at radius 2 is 1.67 bits per heavy atom. The number of anilines is 1. The summed E-state index contributed by atoms with van der Waals surface area (Å²) in [6, 6.07) is 12.0. The largest absolute Gasteiger partial charge is 0.494 e. The van der Waals surface area contributed by atoms with E-state index in [1.54, 1.807) is 14.2 Å². The van der Waals surface area contributed by atoms with Crippen LogP contribution in [-0.4, -0.2) is 61.4 Å². The van der Waals surface area contributed by atoms with Gasteiger partial charge in [-0.25, -0.2) is 4.98 Å². The van der Waals surface area contributed by atoms with Gasteiger partial charge >= 0.3 is 0 Å². The van der Waals surface area contributed by atoms with E-state index in [1.165, 1.54) is 0 Å². The summed E-state index contributed by atoms with van der Waals surface area (Å²) in [7, 11) is 3.44. The predicted octanol–water partition coefficient (Wildman–Crippen LogP) is 3.47. The number of methoxy groups -OCH3 is 2. The van der Waals surface area contributed by atoms with Crippen molar-refractivity contribution in [3.63, 3.8) is 0 Å². The normalized spacial score (nSPS) is 11.5. The Hall–Kier alpha value is -2.61. The molecule has 2 heterocycles. The minimum absolute atomic E-state index is 0.654. The van der Waals surface area contributed by atoms with E-state index in [1.807, 2.05) is 30.5 Å². The molecule has 0 amide bonds. The first-order chi connectivity index (χ1) is 14.7. The van der Waals surface area contributed by atoms with E-state index in [2.05, 4.69) is 28.4 Å². The fourth-order valence-corrected chi connectivity index (χ4v) is 3.34. The lowest BCUT2D eigenvalue weighted by Gasteiger charge is -2.22. The molecular formula is C23H32N4O3. The molecule has 0 fully saturated rings. The van der Waals surface area contributed by atoms with Crippen molar-refractivity contribution in [3.8, 4) is 17.0 Å². The third-order valence-electron chi connectivity index (χ3n) is 4.94. The molecule has 0 saturated heterocycles. The molecule has 162 valence electrons. The van der Waals surface area contributed by atoms with E-state index in [9.17, 15) is 0 Å². The number of pyridine rings is 1. The maximum Gasteiger partial charge on any atom is 0.137 e. The number of rotatable bonds is 12. The standard InChI is InChI=1S/C23H32N4O3/c1-4-13-30-20-8-5-18(6-9-20)23-21(17-26(11-14-28-2)12-15-29-3)27-16-19(24)7-10-22(27)25-23/h5-10,16H,4,11-15,17,24H2,1-3H3. The fraction of sp³-hybridized carbons (Fsp3) is 0.435. The van der Waals surface area contributed by atoms with Gasteiger partial charge in [0.2, 0.25) is 0 Å². The summed E-state index contributed by atoms with van der Waals surface area (Å²) in [6.45, 7) is 6.44. The second-order valence-corrected chi connectivity index (χ2v) is 7.23. The van der Waals surface area contributed by atoms with E-state index in [4.69, 9.17) is 24.9 Å². The molecule has 1 aromatic carbocycles. The van der Waals surface area contributed by atoms with Gasteiger partial charge in [0.15, 0.2) is 0 Å². The summed E-state index contributed by atoms with van der Waals surface area (Å²) < 4.78 is 18.4. The molecule has 2 aromatic heterocycles. The summed E-state index contributed by atoms with van der Waals surface area (Å²) in [5, 5.41) is 0. The van der Waals surface area contributed by atoms with Crippen molar-refractivity contribution in [2.24, 2.45) is 0 Å². The van der Waals surface area contributed by atoms with Crippen LogP contribution in [0.4, 0.5) is 5.69 Å². The summed E-state index contributed by atoms with van der Waals surface area (Å²) in [5.41, 5.74) is 10.7. The van der Waals surface area contributed by atoms with Crippen molar-refractivity contribution in [1.29, 1.82) is 0 Å². The Morgan fingerprint density at radius 3 is 2.30 bits per heavy atom. The molecular weight excluding hydrogens is 380 g/mol. The van der Waals surface area contributed by atoms with Gasteiger partial charge < -0.3 is 24.3 Å². The molecule has 7 nitrogen and oxygen atoms in total. The van der Waals surface area contributed by atoms with Crippen LogP contribution in [0.3, 0.4) is 0 Å². The molecule has 30 heavy (non-hydrogen) atoms. The molecule has 3 rings (SSSR count). The Morgan fingerprint density at radius 1 is 0.967 bits per heavy atom. The summed E-state index contributed by atoms with van der Waals surface area (Å²) in [5.74, 6) is 0.872. The Kier molecular flexibility index (Phi) is 8.07. The Bertz CT molecular complexity index is 916. The van der Waals surface area contributed by atoms with Crippen molar-refractivity contribution < 1.29 is 14.2 Å². The van der Waals surface area contributed by atoms with E-state index in [0.717, 1.165) is 47.9 Å². The average Bonchev–Trinajstić information content (AvgIpc) is 3.11. The van der Waals surface area contributed by atoms with Crippen molar-refractivity contribution in [1.82, 2.24) is 14.3 Å². The van der Waals surface area contributed by atoms with E-state index < -0.39 is 0 Å². The molecule has 0 aliphatic carbocycles. The number of nitrogen functional groups attached to an aromatic ring is 1. The van der Waals surface area contributed by atoms with Crippen LogP contribution in [0.2, 0.25) is 0 Å². The summed E-state index contributed by atoms with van der Waals surface area (Å²) >= 11 is 0. The second kappa shape index (κ2) is 11.0. The molecule has 0 bridgehead atoms. The summed E-state index contributed by atoms with van der Waals surface area (Å²) in [4.78, 5) is 7.21. The highest BCUT2D eigenvalue weighted by Crippen LogP contribution is 2.28. The van der Waals surface area contributed by atoms with Crippen LogP contribution in [0, 0.1) is 0 Å². The zero-order valence-corrected chi connectivity index (χ0v) is 18.1. The average molecular weight is 413 g/mol. The molecule has 0 aliphatic rings. The smallest absolute Gasteiger partial charge is 0.137 e. The van der Waals surface area contributed by atoms with Crippen LogP contribution in [0.5, 0.6) is 5.75 Å². The van der Waals surface area contributed by atoms with Gasteiger partial charge in [-0.3, -0.25) is 4.90 Å². The number of hydrogen-bond acceptors (Lipinski definition) is 6. The first-order valence-electron chi connectivity index (χ1n) is 10.4. The number of fused-ring (bicyclic) bond motifs is 1. The van der Waals surface area contributed by atoms with Crippen molar-refractivity contribution in [3.05, 3.63) is 48.3 Å². The molecule has 7 heteroatoms. The van der Waals surface area contributed by atoms with Gasteiger partial charge in [-0.05, 0) is 42.8 Å². The van der Waals surface area contributed by atoms with Crippen LogP contribution in [0.25, 0.3) is 16.9 Å². The number of ether oxygens (including phenoxy) is 3. The molecule has 0 saturated carbocycles. The zero-order valence-electron chi connectivity index (χ0n) is 18.1. The van der Waals surface area contributed by atoms with Gasteiger partial charge in [0, 0.05) is 51.3 Å². The van der Waals surface area contributed by atoms with Gasteiger partial charge in [-0.15, -0.1) is 0 Å². The molecule has 3 aromatic rings. The number of hydrogen-bond donors (Lipinski definition) is 1. The van der Waals surface area contributed by atoms with Crippen LogP contribution < -0.4 is 10.5 Å². The highest BCUT2D eigenvalue weighted by Gasteiger charge is 2.17. The number of imidazole rings is 1. The van der Waals surface area contributed by atoms with Gasteiger partial charge in [-0.2, -0.15) is 0 Å².